The molecule has 0 saturated carbocycles. The highest BCUT2D eigenvalue weighted by molar-refractivity contribution is 5.95. The second-order valence-electron chi connectivity index (χ2n) is 6.44. The van der Waals surface area contributed by atoms with E-state index in [0.29, 0.717) is 5.71 Å². The first-order valence-corrected chi connectivity index (χ1v) is 8.70. The highest BCUT2D eigenvalue weighted by Crippen LogP contribution is 2.35. The Balaban J connectivity index is 1.68. The SMILES string of the molecule is Cc1ccc(-c2[nH]ncc2-c2ncnc3oc(-c4ccccc4)cc23)cc1. The van der Waals surface area contributed by atoms with E-state index in [1.807, 2.05) is 36.4 Å². The molecule has 1 N–H and O–H groups in total. The highest BCUT2D eigenvalue weighted by atomic mass is 16.3. The van der Waals surface area contributed by atoms with Crippen molar-refractivity contribution in [2.24, 2.45) is 0 Å². The number of furan rings is 1. The molecule has 5 heteroatoms. The lowest BCUT2D eigenvalue weighted by atomic mass is 10.0. The Morgan fingerprint density at radius 1 is 0.889 bits per heavy atom. The molecule has 2 aromatic carbocycles. The van der Waals surface area contributed by atoms with Crippen LogP contribution in [0.3, 0.4) is 0 Å². The molecule has 0 atom stereocenters. The number of H-pyrrole nitrogens is 1. The highest BCUT2D eigenvalue weighted by Gasteiger charge is 2.17. The normalized spacial score (nSPS) is 11.1. The van der Waals surface area contributed by atoms with Crippen molar-refractivity contribution in [1.29, 1.82) is 0 Å². The summed E-state index contributed by atoms with van der Waals surface area (Å²) in [6.45, 7) is 2.07. The van der Waals surface area contributed by atoms with Crippen molar-refractivity contribution >= 4 is 11.1 Å². The lowest BCUT2D eigenvalue weighted by Crippen LogP contribution is -1.88. The van der Waals surface area contributed by atoms with Gasteiger partial charge in [0.15, 0.2) is 0 Å². The van der Waals surface area contributed by atoms with Crippen LogP contribution in [0.4, 0.5) is 0 Å². The Morgan fingerprint density at radius 2 is 1.70 bits per heavy atom. The van der Waals surface area contributed by atoms with E-state index in [1.165, 1.54) is 11.9 Å². The van der Waals surface area contributed by atoms with Gasteiger partial charge in [0.05, 0.1) is 23.0 Å². The summed E-state index contributed by atoms with van der Waals surface area (Å²) in [5.74, 6) is 0.771. The fourth-order valence-corrected chi connectivity index (χ4v) is 3.22. The van der Waals surface area contributed by atoms with Gasteiger partial charge in [-0.15, -0.1) is 0 Å². The van der Waals surface area contributed by atoms with Gasteiger partial charge in [0.25, 0.3) is 0 Å². The zero-order valence-electron chi connectivity index (χ0n) is 14.7. The van der Waals surface area contributed by atoms with Gasteiger partial charge in [-0.25, -0.2) is 9.97 Å². The van der Waals surface area contributed by atoms with Gasteiger partial charge in [-0.1, -0.05) is 60.2 Å². The molecule has 5 rings (SSSR count). The van der Waals surface area contributed by atoms with Crippen LogP contribution in [0.2, 0.25) is 0 Å². The molecule has 0 aliphatic carbocycles. The monoisotopic (exact) mass is 352 g/mol. The summed E-state index contributed by atoms with van der Waals surface area (Å²) < 4.78 is 5.97. The molecule has 3 heterocycles. The minimum absolute atomic E-state index is 0.565. The zero-order valence-corrected chi connectivity index (χ0v) is 14.7. The Bertz CT molecular complexity index is 1220. The maximum Gasteiger partial charge on any atom is 0.230 e. The molecule has 0 bridgehead atoms. The number of nitrogens with zero attached hydrogens (tertiary/aromatic N) is 3. The van der Waals surface area contributed by atoms with Crippen LogP contribution in [-0.2, 0) is 0 Å². The lowest BCUT2D eigenvalue weighted by molar-refractivity contribution is 0.617. The number of hydrogen-bond donors (Lipinski definition) is 1. The van der Waals surface area contributed by atoms with Gasteiger partial charge in [-0.05, 0) is 13.0 Å². The Kier molecular flexibility index (Phi) is 3.57. The van der Waals surface area contributed by atoms with E-state index >= 15 is 0 Å². The van der Waals surface area contributed by atoms with Crippen LogP contribution in [-0.4, -0.2) is 20.2 Å². The molecule has 3 aromatic heterocycles. The molecular formula is C22H16N4O. The van der Waals surface area contributed by atoms with Gasteiger partial charge >= 0.3 is 0 Å². The van der Waals surface area contributed by atoms with E-state index in [1.54, 1.807) is 6.20 Å². The zero-order chi connectivity index (χ0) is 18.2. The van der Waals surface area contributed by atoms with Crippen LogP contribution in [0.15, 0.2) is 77.6 Å². The van der Waals surface area contributed by atoms with Gasteiger partial charge in [0.1, 0.15) is 12.1 Å². The van der Waals surface area contributed by atoms with E-state index in [4.69, 9.17) is 4.42 Å². The second-order valence-corrected chi connectivity index (χ2v) is 6.44. The first-order chi connectivity index (χ1) is 13.3. The van der Waals surface area contributed by atoms with Gasteiger partial charge in [0.2, 0.25) is 5.71 Å². The summed E-state index contributed by atoms with van der Waals surface area (Å²) in [7, 11) is 0. The number of hydrogen-bond acceptors (Lipinski definition) is 4. The third-order valence-electron chi connectivity index (χ3n) is 4.62. The minimum Gasteiger partial charge on any atom is -0.438 e. The molecule has 0 fully saturated rings. The van der Waals surface area contributed by atoms with Crippen molar-refractivity contribution in [2.45, 2.75) is 6.92 Å². The second kappa shape index (κ2) is 6.21. The van der Waals surface area contributed by atoms with Crippen molar-refractivity contribution in [3.8, 4) is 33.8 Å². The molecule has 27 heavy (non-hydrogen) atoms. The largest absolute Gasteiger partial charge is 0.438 e. The van der Waals surface area contributed by atoms with Crippen LogP contribution in [0.25, 0.3) is 44.9 Å². The van der Waals surface area contributed by atoms with Crippen molar-refractivity contribution in [3.63, 3.8) is 0 Å². The minimum atomic E-state index is 0.565. The Morgan fingerprint density at radius 3 is 2.52 bits per heavy atom. The van der Waals surface area contributed by atoms with Crippen molar-refractivity contribution in [2.75, 3.05) is 0 Å². The van der Waals surface area contributed by atoms with Gasteiger partial charge in [0, 0.05) is 16.7 Å². The third kappa shape index (κ3) is 2.69. The smallest absolute Gasteiger partial charge is 0.230 e. The van der Waals surface area contributed by atoms with E-state index < -0.39 is 0 Å². The quantitative estimate of drug-likeness (QED) is 0.481. The molecule has 130 valence electrons. The molecular weight excluding hydrogens is 336 g/mol. The molecule has 0 unspecified atom stereocenters. The predicted octanol–water partition coefficient (Wildman–Crippen LogP) is 5.26. The summed E-state index contributed by atoms with van der Waals surface area (Å²) in [5.41, 5.74) is 6.50. The van der Waals surface area contributed by atoms with E-state index in [0.717, 1.165) is 39.2 Å². The number of aromatic amines is 1. The summed E-state index contributed by atoms with van der Waals surface area (Å²) in [6, 6.07) is 20.3. The molecule has 5 nitrogen and oxygen atoms in total. The summed E-state index contributed by atoms with van der Waals surface area (Å²) >= 11 is 0. The average molecular weight is 352 g/mol. The first-order valence-electron chi connectivity index (χ1n) is 8.70. The maximum absolute atomic E-state index is 5.97. The summed E-state index contributed by atoms with van der Waals surface area (Å²) in [6.07, 6.45) is 3.33. The maximum atomic E-state index is 5.97. The molecule has 0 spiro atoms. The first kappa shape index (κ1) is 15.5. The van der Waals surface area contributed by atoms with E-state index in [2.05, 4.69) is 51.4 Å². The van der Waals surface area contributed by atoms with Crippen molar-refractivity contribution in [3.05, 3.63) is 78.8 Å². The van der Waals surface area contributed by atoms with Crippen molar-refractivity contribution < 1.29 is 4.42 Å². The lowest BCUT2D eigenvalue weighted by Gasteiger charge is -2.04. The number of aryl methyl sites for hydroxylation is 1. The van der Waals surface area contributed by atoms with Gasteiger partial charge < -0.3 is 4.42 Å². The molecule has 0 saturated heterocycles. The summed E-state index contributed by atoms with van der Waals surface area (Å²) in [4.78, 5) is 8.83. The predicted molar refractivity (Wildman–Crippen MR) is 105 cm³/mol. The number of aromatic nitrogens is 4. The Labute approximate surface area is 155 Å². The number of fused-ring (bicyclic) bond motifs is 1. The molecule has 0 radical (unpaired) electrons. The number of rotatable bonds is 3. The van der Waals surface area contributed by atoms with Crippen LogP contribution in [0.5, 0.6) is 0 Å². The van der Waals surface area contributed by atoms with Crippen molar-refractivity contribution in [1.82, 2.24) is 20.2 Å². The molecule has 5 aromatic rings. The molecule has 0 amide bonds. The molecule has 0 aliphatic heterocycles. The van der Waals surface area contributed by atoms with E-state index in [-0.39, 0.29) is 0 Å². The third-order valence-corrected chi connectivity index (χ3v) is 4.62. The molecule has 0 aliphatic rings. The summed E-state index contributed by atoms with van der Waals surface area (Å²) in [5, 5.41) is 8.22. The Hall–Kier alpha value is -3.73. The van der Waals surface area contributed by atoms with Crippen LogP contribution < -0.4 is 0 Å². The fraction of sp³-hybridized carbons (Fsp3) is 0.0455. The van der Waals surface area contributed by atoms with E-state index in [9.17, 15) is 0 Å². The van der Waals surface area contributed by atoms with Gasteiger partial charge in [-0.2, -0.15) is 5.10 Å². The van der Waals surface area contributed by atoms with Crippen LogP contribution in [0, 0.1) is 6.92 Å². The van der Waals surface area contributed by atoms with Crippen LogP contribution in [0.1, 0.15) is 5.56 Å². The number of nitrogens with one attached hydrogen (secondary N) is 1. The standard InChI is InChI=1S/C22H16N4O/c1-14-7-9-16(10-8-14)20-18(12-25-26-20)21-17-11-19(15-5-3-2-4-6-15)27-22(17)24-13-23-21/h2-13H,1H3,(H,25,26). The average Bonchev–Trinajstić information content (AvgIpc) is 3.36. The number of benzene rings is 2. The fourth-order valence-electron chi connectivity index (χ4n) is 3.22. The topological polar surface area (TPSA) is 67.6 Å². The van der Waals surface area contributed by atoms with Crippen LogP contribution >= 0.6 is 0 Å². The van der Waals surface area contributed by atoms with Gasteiger partial charge in [-0.3, -0.25) is 5.10 Å².